The number of aryl methyl sites for hydroxylation is 1. The van der Waals surface area contributed by atoms with Gasteiger partial charge in [0.05, 0.1) is 11.4 Å². The summed E-state index contributed by atoms with van der Waals surface area (Å²) in [5, 5.41) is 6.50. The summed E-state index contributed by atoms with van der Waals surface area (Å²) in [6.07, 6.45) is 0.134. The van der Waals surface area contributed by atoms with Gasteiger partial charge >= 0.3 is 0 Å². The maximum Gasteiger partial charge on any atom is 0.255 e. The molecule has 3 aromatic carbocycles. The van der Waals surface area contributed by atoms with Crippen LogP contribution >= 0.6 is 0 Å². The fraction of sp³-hybridized carbons (Fsp3) is 0.240. The van der Waals surface area contributed by atoms with Gasteiger partial charge in [0.25, 0.3) is 5.91 Å². The molecule has 0 saturated carbocycles. The highest BCUT2D eigenvalue weighted by Gasteiger charge is 2.28. The molecule has 0 saturated heterocycles. The molecule has 1 aliphatic rings. The normalized spacial score (nSPS) is 17.3. The van der Waals surface area contributed by atoms with Gasteiger partial charge in [-0.15, -0.1) is 0 Å². The molecule has 148 valence electrons. The first-order valence-electron chi connectivity index (χ1n) is 10.0. The van der Waals surface area contributed by atoms with Crippen LogP contribution in [0.4, 0.5) is 11.4 Å². The van der Waals surface area contributed by atoms with Gasteiger partial charge in [0.15, 0.2) is 0 Å². The molecule has 1 aliphatic heterocycles. The van der Waals surface area contributed by atoms with Crippen molar-refractivity contribution in [1.82, 2.24) is 0 Å². The fourth-order valence-electron chi connectivity index (χ4n) is 3.65. The molecule has 0 aromatic heterocycles. The molecule has 4 nitrogen and oxygen atoms in total. The molecule has 3 aromatic rings. The second-order valence-electron chi connectivity index (χ2n) is 7.64. The average Bonchev–Trinajstić information content (AvgIpc) is 3.01. The molecule has 2 unspecified atom stereocenters. The number of rotatable bonds is 5. The lowest BCUT2D eigenvalue weighted by Crippen LogP contribution is -2.14. The largest absolute Gasteiger partial charge is 0.490 e. The third-order valence-corrected chi connectivity index (χ3v) is 5.69. The van der Waals surface area contributed by atoms with Crippen molar-refractivity contribution in [1.29, 1.82) is 0 Å². The molecule has 29 heavy (non-hydrogen) atoms. The Hall–Kier alpha value is -3.27. The minimum absolute atomic E-state index is 0.121. The van der Waals surface area contributed by atoms with E-state index in [9.17, 15) is 4.79 Å². The van der Waals surface area contributed by atoms with E-state index in [1.165, 1.54) is 11.1 Å². The van der Waals surface area contributed by atoms with Crippen molar-refractivity contribution in [3.05, 3.63) is 89.0 Å². The quantitative estimate of drug-likeness (QED) is 0.587. The van der Waals surface area contributed by atoms with Crippen LogP contribution in [0.15, 0.2) is 66.7 Å². The van der Waals surface area contributed by atoms with Gasteiger partial charge in [-0.25, -0.2) is 0 Å². The van der Waals surface area contributed by atoms with Crippen molar-refractivity contribution in [3.63, 3.8) is 0 Å². The van der Waals surface area contributed by atoms with Gasteiger partial charge in [-0.2, -0.15) is 0 Å². The van der Waals surface area contributed by atoms with Gasteiger partial charge < -0.3 is 15.4 Å². The molecule has 0 aliphatic carbocycles. The number of benzene rings is 3. The van der Waals surface area contributed by atoms with E-state index >= 15 is 0 Å². The summed E-state index contributed by atoms with van der Waals surface area (Å²) in [4.78, 5) is 12.9. The minimum Gasteiger partial charge on any atom is -0.490 e. The van der Waals surface area contributed by atoms with Crippen LogP contribution in [0.1, 0.15) is 46.8 Å². The monoisotopic (exact) mass is 386 g/mol. The topological polar surface area (TPSA) is 50.4 Å². The van der Waals surface area contributed by atoms with Crippen LogP contribution in [0.2, 0.25) is 0 Å². The number of carbonyl (C=O) groups is 1. The van der Waals surface area contributed by atoms with Crippen molar-refractivity contribution in [2.24, 2.45) is 0 Å². The van der Waals surface area contributed by atoms with Gasteiger partial charge in [0, 0.05) is 23.6 Å². The van der Waals surface area contributed by atoms with Crippen LogP contribution in [0, 0.1) is 6.92 Å². The third-order valence-electron chi connectivity index (χ3n) is 5.69. The van der Waals surface area contributed by atoms with E-state index in [0.29, 0.717) is 12.1 Å². The van der Waals surface area contributed by atoms with Gasteiger partial charge in [0.2, 0.25) is 0 Å². The summed E-state index contributed by atoms with van der Waals surface area (Å²) in [6, 6.07) is 21.7. The summed E-state index contributed by atoms with van der Waals surface area (Å²) < 4.78 is 5.83. The lowest BCUT2D eigenvalue weighted by molar-refractivity contribution is 0.102. The molecule has 4 rings (SSSR count). The first-order chi connectivity index (χ1) is 14.0. The molecule has 2 N–H and O–H groups in total. The lowest BCUT2D eigenvalue weighted by Gasteiger charge is -2.14. The highest BCUT2D eigenvalue weighted by molar-refractivity contribution is 6.06. The van der Waals surface area contributed by atoms with Crippen LogP contribution in [0.5, 0.6) is 5.75 Å². The van der Waals surface area contributed by atoms with E-state index in [4.69, 9.17) is 4.74 Å². The summed E-state index contributed by atoms with van der Waals surface area (Å²) in [6.45, 7) is 6.99. The molecular formula is C25H26N2O2. The molecule has 2 atom stereocenters. The predicted molar refractivity (Wildman–Crippen MR) is 118 cm³/mol. The number of hydrogen-bond donors (Lipinski definition) is 2. The van der Waals surface area contributed by atoms with Crippen LogP contribution < -0.4 is 15.4 Å². The Balaban J connectivity index is 1.50. The summed E-state index contributed by atoms with van der Waals surface area (Å²) >= 11 is 0. The molecule has 0 fully saturated rings. The number of carbonyl (C=O) groups excluding carboxylic acids is 1. The number of nitrogens with one attached hydrogen (secondary N) is 2. The van der Waals surface area contributed by atoms with Gasteiger partial charge in [-0.3, -0.25) is 4.79 Å². The average molecular weight is 386 g/mol. The van der Waals surface area contributed by atoms with E-state index in [-0.39, 0.29) is 17.9 Å². The third kappa shape index (κ3) is 3.97. The fourth-order valence-corrected chi connectivity index (χ4v) is 3.65. The number of hydrogen-bond acceptors (Lipinski definition) is 3. The highest BCUT2D eigenvalue weighted by Crippen LogP contribution is 2.38. The molecule has 0 bridgehead atoms. The van der Waals surface area contributed by atoms with Gasteiger partial charge in [-0.1, -0.05) is 43.3 Å². The molecule has 1 heterocycles. The smallest absolute Gasteiger partial charge is 0.255 e. The summed E-state index contributed by atoms with van der Waals surface area (Å²) in [5.41, 5.74) is 5.87. The van der Waals surface area contributed by atoms with Crippen LogP contribution in [-0.4, -0.2) is 12.0 Å². The maximum atomic E-state index is 12.9. The first-order valence-corrected chi connectivity index (χ1v) is 10.0. The first kappa shape index (κ1) is 19.1. The molecule has 0 radical (unpaired) electrons. The van der Waals surface area contributed by atoms with Crippen LogP contribution in [0.3, 0.4) is 0 Å². The summed E-state index contributed by atoms with van der Waals surface area (Å²) in [7, 11) is 0. The van der Waals surface area contributed by atoms with E-state index in [1.807, 2.05) is 54.6 Å². The predicted octanol–water partition coefficient (Wildman–Crippen LogP) is 5.74. The van der Waals surface area contributed by atoms with Crippen molar-refractivity contribution in [3.8, 4) is 5.75 Å². The zero-order valence-corrected chi connectivity index (χ0v) is 17.0. The van der Waals surface area contributed by atoms with E-state index < -0.39 is 0 Å². The Kier molecular flexibility index (Phi) is 5.26. The second-order valence-corrected chi connectivity index (χ2v) is 7.64. The molecule has 1 amide bonds. The van der Waals surface area contributed by atoms with Crippen molar-refractivity contribution in [2.75, 3.05) is 10.6 Å². The Morgan fingerprint density at radius 2 is 1.69 bits per heavy atom. The maximum absolute atomic E-state index is 12.9. The standard InChI is InChI=1S/C25H26N2O2/c1-16-8-4-5-9-20(16)15-26-22-10-6-7-11-23(22)27-25(28)19-12-13-24-21(14-19)17(2)18(3)29-24/h4-14,17-18,26H,15H2,1-3H3,(H,27,28). The molecule has 4 heteroatoms. The zero-order valence-electron chi connectivity index (χ0n) is 17.0. The van der Waals surface area contributed by atoms with Crippen LogP contribution in [-0.2, 0) is 6.54 Å². The van der Waals surface area contributed by atoms with Crippen molar-refractivity contribution in [2.45, 2.75) is 39.3 Å². The van der Waals surface area contributed by atoms with Crippen LogP contribution in [0.25, 0.3) is 0 Å². The van der Waals surface area contributed by atoms with E-state index in [1.54, 1.807) is 0 Å². The number of para-hydroxylation sites is 2. The Morgan fingerprint density at radius 3 is 2.48 bits per heavy atom. The Bertz CT molecular complexity index is 1040. The second kappa shape index (κ2) is 8.00. The number of ether oxygens (including phenoxy) is 1. The SMILES string of the molecule is Cc1ccccc1CNc1ccccc1NC(=O)c1ccc2c(c1)C(C)C(C)O2. The van der Waals surface area contributed by atoms with E-state index in [2.05, 4.69) is 43.5 Å². The van der Waals surface area contributed by atoms with Gasteiger partial charge in [-0.05, 0) is 55.3 Å². The Labute approximate surface area is 171 Å². The van der Waals surface area contributed by atoms with Crippen molar-refractivity contribution >= 4 is 17.3 Å². The molecule has 0 spiro atoms. The Morgan fingerprint density at radius 1 is 0.966 bits per heavy atom. The number of amides is 1. The highest BCUT2D eigenvalue weighted by atomic mass is 16.5. The zero-order chi connectivity index (χ0) is 20.4. The molecular weight excluding hydrogens is 360 g/mol. The minimum atomic E-state index is -0.121. The number of anilines is 2. The summed E-state index contributed by atoms with van der Waals surface area (Å²) in [5.74, 6) is 1.03. The van der Waals surface area contributed by atoms with Gasteiger partial charge in [0.1, 0.15) is 11.9 Å². The van der Waals surface area contributed by atoms with E-state index in [0.717, 1.165) is 22.7 Å². The van der Waals surface area contributed by atoms with Crippen molar-refractivity contribution < 1.29 is 9.53 Å². The lowest BCUT2D eigenvalue weighted by atomic mass is 9.96. The number of fused-ring (bicyclic) bond motifs is 1.